The number of rotatable bonds is 12. The Bertz CT molecular complexity index is 277. The van der Waals surface area contributed by atoms with Crippen molar-refractivity contribution >= 4 is 0 Å². The first kappa shape index (κ1) is 19.1. The minimum absolute atomic E-state index is 0.316. The van der Waals surface area contributed by atoms with Crippen LogP contribution in [0, 0.1) is 11.3 Å². The van der Waals surface area contributed by atoms with Gasteiger partial charge in [-0.1, -0.05) is 65.2 Å². The lowest BCUT2D eigenvalue weighted by molar-refractivity contribution is 0.461. The van der Waals surface area contributed by atoms with Crippen LogP contribution < -0.4 is 0 Å². The highest BCUT2D eigenvalue weighted by Gasteiger charge is 2.16. The molecule has 0 radical (unpaired) electrons. The molecule has 3 heteroatoms. The van der Waals surface area contributed by atoms with Crippen molar-refractivity contribution in [3.63, 3.8) is 0 Å². The van der Waals surface area contributed by atoms with E-state index in [1.807, 2.05) is 13.8 Å². The van der Waals surface area contributed by atoms with E-state index >= 15 is 0 Å². The van der Waals surface area contributed by atoms with Gasteiger partial charge >= 0.3 is 0 Å². The van der Waals surface area contributed by atoms with E-state index in [0.29, 0.717) is 6.04 Å². The lowest BCUT2D eigenvalue weighted by atomic mass is 10.0. The average molecular weight is 279 g/mol. The summed E-state index contributed by atoms with van der Waals surface area (Å²) < 4.78 is 0. The predicted molar refractivity (Wildman–Crippen MR) is 85.9 cm³/mol. The van der Waals surface area contributed by atoms with Gasteiger partial charge < -0.3 is 0 Å². The van der Waals surface area contributed by atoms with E-state index in [9.17, 15) is 0 Å². The molecule has 0 heterocycles. The molecule has 0 aromatic rings. The fourth-order valence-electron chi connectivity index (χ4n) is 2.12. The second kappa shape index (κ2) is 11.9. The van der Waals surface area contributed by atoms with Crippen LogP contribution in [0.4, 0.5) is 0 Å². The van der Waals surface area contributed by atoms with Crippen molar-refractivity contribution in [1.29, 1.82) is 5.26 Å². The van der Waals surface area contributed by atoms with Crippen molar-refractivity contribution in [3.05, 3.63) is 0 Å². The first-order valence-corrected chi connectivity index (χ1v) is 8.39. The van der Waals surface area contributed by atoms with Gasteiger partial charge in [-0.2, -0.15) is 15.5 Å². The molecule has 0 aliphatic rings. The average Bonchev–Trinajstić information content (AvgIpc) is 2.44. The van der Waals surface area contributed by atoms with Crippen LogP contribution >= 0.6 is 0 Å². The summed E-state index contributed by atoms with van der Waals surface area (Å²) in [5.74, 6) is 0. The Kier molecular flexibility index (Phi) is 11.3. The highest BCUT2D eigenvalue weighted by Crippen LogP contribution is 2.18. The van der Waals surface area contributed by atoms with Crippen LogP contribution in [0.2, 0.25) is 0 Å². The van der Waals surface area contributed by atoms with Crippen molar-refractivity contribution in [3.8, 4) is 6.07 Å². The van der Waals surface area contributed by atoms with Crippen LogP contribution in [-0.4, -0.2) is 11.6 Å². The normalized spacial score (nSPS) is 12.2. The maximum absolute atomic E-state index is 9.00. The second-order valence-electron chi connectivity index (χ2n) is 6.24. The Hall–Kier alpha value is -0.910. The van der Waals surface area contributed by atoms with Gasteiger partial charge in [0.25, 0.3) is 0 Å². The largest absolute Gasteiger partial charge is 0.196 e. The molecular weight excluding hydrogens is 246 g/mol. The summed E-state index contributed by atoms with van der Waals surface area (Å²) in [5, 5.41) is 17.7. The minimum Gasteiger partial charge on any atom is -0.196 e. The van der Waals surface area contributed by atoms with Gasteiger partial charge in [0.15, 0.2) is 5.54 Å². The van der Waals surface area contributed by atoms with E-state index in [1.54, 1.807) is 0 Å². The van der Waals surface area contributed by atoms with E-state index in [2.05, 4.69) is 30.1 Å². The maximum atomic E-state index is 9.00. The Morgan fingerprint density at radius 3 is 1.80 bits per heavy atom. The monoisotopic (exact) mass is 279 g/mol. The molecule has 0 rings (SSSR count). The molecule has 0 N–H and O–H groups in total. The van der Waals surface area contributed by atoms with Gasteiger partial charge in [-0.05, 0) is 26.7 Å². The van der Waals surface area contributed by atoms with Gasteiger partial charge in [0, 0.05) is 0 Å². The molecule has 0 aromatic heterocycles. The number of nitriles is 1. The summed E-state index contributed by atoms with van der Waals surface area (Å²) in [6, 6.07) is 2.51. The molecule has 0 aliphatic carbocycles. The molecule has 116 valence electrons. The molecule has 3 nitrogen and oxygen atoms in total. The summed E-state index contributed by atoms with van der Waals surface area (Å²) in [6.07, 6.45) is 12.4. The van der Waals surface area contributed by atoms with E-state index in [0.717, 1.165) is 12.8 Å². The smallest absolute Gasteiger partial charge is 0.161 e. The molecule has 0 spiro atoms. The van der Waals surface area contributed by atoms with Crippen molar-refractivity contribution < 1.29 is 0 Å². The number of azo groups is 1. The molecule has 0 aliphatic heterocycles. The van der Waals surface area contributed by atoms with E-state index < -0.39 is 5.54 Å². The summed E-state index contributed by atoms with van der Waals surface area (Å²) in [5.41, 5.74) is -0.676. The van der Waals surface area contributed by atoms with Crippen LogP contribution in [0.1, 0.15) is 91.9 Å². The van der Waals surface area contributed by atoms with Gasteiger partial charge in [-0.15, -0.1) is 0 Å². The molecular formula is C17H33N3. The van der Waals surface area contributed by atoms with Crippen LogP contribution in [0.5, 0.6) is 0 Å². The summed E-state index contributed by atoms with van der Waals surface area (Å²) in [7, 11) is 0. The Morgan fingerprint density at radius 2 is 1.40 bits per heavy atom. The molecule has 0 aromatic carbocycles. The third-order valence-corrected chi connectivity index (χ3v) is 3.53. The van der Waals surface area contributed by atoms with Crippen molar-refractivity contribution in [1.82, 2.24) is 0 Å². The summed E-state index contributed by atoms with van der Waals surface area (Å²) in [6.45, 7) is 8.11. The molecule has 20 heavy (non-hydrogen) atoms. The van der Waals surface area contributed by atoms with Crippen LogP contribution in [-0.2, 0) is 0 Å². The second-order valence-corrected chi connectivity index (χ2v) is 6.24. The zero-order valence-corrected chi connectivity index (χ0v) is 14.0. The third-order valence-electron chi connectivity index (χ3n) is 3.53. The Labute approximate surface area is 125 Å². The number of unbranched alkanes of at least 4 members (excludes halogenated alkanes) is 6. The van der Waals surface area contributed by atoms with Gasteiger partial charge in [0.2, 0.25) is 0 Å². The molecule has 0 saturated carbocycles. The van der Waals surface area contributed by atoms with Crippen LogP contribution in [0.25, 0.3) is 0 Å². The van der Waals surface area contributed by atoms with E-state index in [4.69, 9.17) is 5.26 Å². The van der Waals surface area contributed by atoms with Crippen LogP contribution in [0.3, 0.4) is 0 Å². The van der Waals surface area contributed by atoms with E-state index in [1.165, 1.54) is 51.4 Å². The maximum Gasteiger partial charge on any atom is 0.161 e. The zero-order valence-electron chi connectivity index (χ0n) is 14.0. The minimum atomic E-state index is -0.676. The van der Waals surface area contributed by atoms with Crippen molar-refractivity contribution in [2.24, 2.45) is 10.2 Å². The zero-order chi connectivity index (χ0) is 15.3. The van der Waals surface area contributed by atoms with E-state index in [-0.39, 0.29) is 0 Å². The van der Waals surface area contributed by atoms with Crippen LogP contribution in [0.15, 0.2) is 10.2 Å². The van der Waals surface area contributed by atoms with Crippen molar-refractivity contribution in [2.75, 3.05) is 0 Å². The fourth-order valence-corrected chi connectivity index (χ4v) is 2.12. The highest BCUT2D eigenvalue weighted by atomic mass is 15.2. The van der Waals surface area contributed by atoms with Crippen molar-refractivity contribution in [2.45, 2.75) is 103 Å². The third kappa shape index (κ3) is 11.0. The Balaban J connectivity index is 4.20. The quantitative estimate of drug-likeness (QED) is 0.317. The summed E-state index contributed by atoms with van der Waals surface area (Å²) >= 11 is 0. The predicted octanol–water partition coefficient (Wildman–Crippen LogP) is 6.05. The molecule has 0 unspecified atom stereocenters. The molecule has 0 amide bonds. The lowest BCUT2D eigenvalue weighted by Crippen LogP contribution is -2.14. The lowest BCUT2D eigenvalue weighted by Gasteiger charge is -2.13. The van der Waals surface area contributed by atoms with Gasteiger partial charge in [-0.3, -0.25) is 0 Å². The molecule has 0 bridgehead atoms. The topological polar surface area (TPSA) is 48.5 Å². The van der Waals surface area contributed by atoms with Gasteiger partial charge in [0.1, 0.15) is 0 Å². The number of hydrogen-bond donors (Lipinski definition) is 0. The molecule has 0 saturated heterocycles. The summed E-state index contributed by atoms with van der Waals surface area (Å²) in [4.78, 5) is 0. The standard InChI is InChI=1S/C17H33N3/c1-5-7-9-11-13-16(14-12-10-8-6-2)19-20-17(3,4)15-18/h16H,5-14H2,1-4H3/b20-19+. The fraction of sp³-hybridized carbons (Fsp3) is 0.941. The highest BCUT2D eigenvalue weighted by molar-refractivity contribution is 4.99. The first-order chi connectivity index (χ1) is 9.55. The number of nitrogens with zero attached hydrogens (tertiary/aromatic N) is 3. The van der Waals surface area contributed by atoms with Gasteiger partial charge in [-0.25, -0.2) is 0 Å². The molecule has 0 fully saturated rings. The number of hydrogen-bond acceptors (Lipinski definition) is 3. The van der Waals surface area contributed by atoms with Gasteiger partial charge in [0.05, 0.1) is 12.1 Å². The first-order valence-electron chi connectivity index (χ1n) is 8.39. The molecule has 0 atom stereocenters. The SMILES string of the molecule is CCCCCCC(CCCCCC)/N=N/C(C)(C)C#N. The Morgan fingerprint density at radius 1 is 0.900 bits per heavy atom.